The Morgan fingerprint density at radius 1 is 0.913 bits per heavy atom. The summed E-state index contributed by atoms with van der Waals surface area (Å²) in [6, 6.07) is 5.63. The van der Waals surface area contributed by atoms with Crippen molar-refractivity contribution in [2.45, 2.75) is 146 Å². The molecule has 4 heterocycles. The number of hydrogen-bond donors (Lipinski definition) is 5. The fourth-order valence-electron chi connectivity index (χ4n) is 10.9. The third kappa shape index (κ3) is 8.07. The molecule has 16 heteroatoms. The third-order valence-corrected chi connectivity index (χ3v) is 14.6. The molecule has 3 aliphatic carbocycles. The van der Waals surface area contributed by atoms with Crippen LogP contribution in [0.1, 0.15) is 113 Å². The molecule has 4 aliphatic heterocycles. The number of fused-ring (bicyclic) bond motifs is 2. The zero-order chi connectivity index (χ0) is 50.2. The van der Waals surface area contributed by atoms with Crippen molar-refractivity contribution in [2.75, 3.05) is 20.8 Å². The first kappa shape index (κ1) is 49.9. The van der Waals surface area contributed by atoms with Crippen LogP contribution in [0, 0.1) is 5.92 Å². The van der Waals surface area contributed by atoms with Crippen LogP contribution in [0.25, 0.3) is 6.08 Å². The molecule has 0 amide bonds. The predicted octanol–water partition coefficient (Wildman–Crippen LogP) is 5.36. The zero-order valence-electron chi connectivity index (χ0n) is 40.8. The maximum Gasteiger partial charge on any atom is 0.343 e. The molecule has 5 N–H and O–H groups in total. The fourth-order valence-corrected chi connectivity index (χ4v) is 10.9. The summed E-state index contributed by atoms with van der Waals surface area (Å²) in [4.78, 5) is 58.5. The number of carbonyl (C=O) groups is 4. The van der Waals surface area contributed by atoms with Crippen LogP contribution in [0.2, 0.25) is 0 Å². The fraction of sp³-hybridized carbons (Fsp3) is 0.509. The van der Waals surface area contributed by atoms with Crippen molar-refractivity contribution in [1.29, 1.82) is 0 Å². The van der Waals surface area contributed by atoms with E-state index in [0.29, 0.717) is 29.7 Å². The van der Waals surface area contributed by atoms with Crippen LogP contribution in [0.3, 0.4) is 0 Å². The number of rotatable bonds is 14. The first-order valence-corrected chi connectivity index (χ1v) is 23.4. The van der Waals surface area contributed by atoms with Gasteiger partial charge >= 0.3 is 11.9 Å². The molecule has 5 unspecified atom stereocenters. The lowest BCUT2D eigenvalue weighted by Gasteiger charge is -2.59. The number of allylic oxidation sites excluding steroid dienone is 4. The van der Waals surface area contributed by atoms with Gasteiger partial charge in [-0.25, -0.2) is 9.59 Å². The van der Waals surface area contributed by atoms with Crippen molar-refractivity contribution in [3.8, 4) is 23.0 Å². The normalized spacial score (nSPS) is 32.4. The molecule has 2 aromatic rings. The van der Waals surface area contributed by atoms with Gasteiger partial charge in [0.15, 0.2) is 28.5 Å². The van der Waals surface area contributed by atoms with Gasteiger partial charge in [-0.2, -0.15) is 0 Å². The van der Waals surface area contributed by atoms with Crippen LogP contribution in [-0.4, -0.2) is 123 Å². The van der Waals surface area contributed by atoms with E-state index in [4.69, 9.17) is 33.2 Å². The Balaban J connectivity index is 1.30. The van der Waals surface area contributed by atoms with Crippen molar-refractivity contribution < 1.29 is 72.8 Å². The van der Waals surface area contributed by atoms with Gasteiger partial charge in [-0.05, 0) is 131 Å². The summed E-state index contributed by atoms with van der Waals surface area (Å²) < 4.78 is 44.2. The van der Waals surface area contributed by atoms with Crippen LogP contribution >= 0.6 is 0 Å². The van der Waals surface area contributed by atoms with E-state index in [1.807, 2.05) is 66.7 Å². The maximum absolute atomic E-state index is 16.0. The monoisotopic (exact) mass is 953 g/mol. The van der Waals surface area contributed by atoms with Crippen LogP contribution in [0.15, 0.2) is 76.9 Å². The minimum atomic E-state index is -1.82. The number of carbonyl (C=O) groups excluding carboxylic acids is 4. The molecular formula is C53H63NO15. The summed E-state index contributed by atoms with van der Waals surface area (Å²) in [6.45, 7) is 14.6. The summed E-state index contributed by atoms with van der Waals surface area (Å²) in [5.41, 5.74) is -3.45. The van der Waals surface area contributed by atoms with E-state index in [0.717, 1.165) is 11.1 Å². The molecule has 2 saturated heterocycles. The molecule has 10 atom stereocenters. The van der Waals surface area contributed by atoms with E-state index in [1.54, 1.807) is 26.1 Å². The van der Waals surface area contributed by atoms with E-state index in [-0.39, 0.29) is 64.6 Å². The van der Waals surface area contributed by atoms with Crippen molar-refractivity contribution in [1.82, 2.24) is 5.32 Å². The molecule has 16 nitrogen and oxygen atoms in total. The van der Waals surface area contributed by atoms with Gasteiger partial charge in [0.2, 0.25) is 6.29 Å². The number of nitrogens with one attached hydrogen (secondary N) is 1. The standard InChI is InChI=1S/C53H63NO15/c1-27(2)12-11-21-50(8)22-20-33-42(67-50)32(18-13-28(3)4)44-37(43(33)66-46(61)30-14-16-31(17-15-30)64-47-41(59)40(58)39(57)35(26-55)65-47)38(56)34-24-51(54-9)25-36-49(6,7)69-52(48(51)62,53(34,36)68-44)23-19-29(5)45(60)63-10/h12-17,19-20,22,24,35-36,39-41,47,54-55,57-59H,11,18,21,23,25-26H2,1-10H3/t35-,36?,39-,40-,41-,47-,50?,51?,52?,53?/m1/s1. The maximum atomic E-state index is 16.0. The van der Waals surface area contributed by atoms with Crippen LogP contribution < -0.4 is 24.3 Å². The summed E-state index contributed by atoms with van der Waals surface area (Å²) in [5, 5.41) is 43.9. The lowest BCUT2D eigenvalue weighted by Crippen LogP contribution is -2.79. The first-order chi connectivity index (χ1) is 32.5. The highest BCUT2D eigenvalue weighted by Crippen LogP contribution is 2.69. The van der Waals surface area contributed by atoms with E-state index in [2.05, 4.69) is 11.4 Å². The van der Waals surface area contributed by atoms with Gasteiger partial charge in [0.25, 0.3) is 0 Å². The Bertz CT molecular complexity index is 2620. The lowest BCUT2D eigenvalue weighted by molar-refractivity contribution is -0.277. The number of likely N-dealkylation sites (N-methyl/N-ethyl adjacent to an activating group) is 1. The highest BCUT2D eigenvalue weighted by molar-refractivity contribution is 6.20. The van der Waals surface area contributed by atoms with Gasteiger partial charge in [0.05, 0.1) is 30.4 Å². The van der Waals surface area contributed by atoms with Crippen LogP contribution in [-0.2, 0) is 30.2 Å². The quantitative estimate of drug-likeness (QED) is 0.0695. The van der Waals surface area contributed by atoms with Crippen molar-refractivity contribution in [3.63, 3.8) is 0 Å². The molecule has 2 aromatic carbocycles. The number of aliphatic hydroxyl groups excluding tert-OH is 4. The number of methoxy groups -OCH3 is 1. The Labute approximate surface area is 401 Å². The molecule has 4 bridgehead atoms. The Hall–Kier alpha value is -5.46. The summed E-state index contributed by atoms with van der Waals surface area (Å²) >= 11 is 0. The SMILES string of the molecule is CNC12C=C3C(=O)c4c(OC(=O)c5ccc(O[C@@H]6O[C@H](CO)[C@@H](O)[C@@H](O)[C@H]6O)cc5)c5c(c(CC=C(C)C)c4OC34C(C1)C(C)(C)OC4(CC=C(C)C(=O)OC)C2=O)OC(C)(CCC=C(C)C)C=C5. The molecule has 69 heavy (non-hydrogen) atoms. The number of esters is 2. The lowest BCUT2D eigenvalue weighted by atomic mass is 9.48. The Morgan fingerprint density at radius 2 is 1.61 bits per heavy atom. The van der Waals surface area contributed by atoms with Gasteiger partial charge in [0.1, 0.15) is 58.4 Å². The molecule has 9 rings (SSSR count). The Kier molecular flexibility index (Phi) is 13.1. The molecule has 1 saturated carbocycles. The molecule has 3 fully saturated rings. The summed E-state index contributed by atoms with van der Waals surface area (Å²) in [5.74, 6) is -2.52. The minimum absolute atomic E-state index is 0.0377. The van der Waals surface area contributed by atoms with Gasteiger partial charge in [-0.3, -0.25) is 9.59 Å². The van der Waals surface area contributed by atoms with E-state index in [9.17, 15) is 30.0 Å². The van der Waals surface area contributed by atoms with Gasteiger partial charge in [0, 0.05) is 29.0 Å². The van der Waals surface area contributed by atoms with Gasteiger partial charge in [-0.1, -0.05) is 29.4 Å². The highest BCUT2D eigenvalue weighted by atomic mass is 16.7. The largest absolute Gasteiger partial charge is 0.482 e. The van der Waals surface area contributed by atoms with Crippen LogP contribution in [0.4, 0.5) is 0 Å². The van der Waals surface area contributed by atoms with E-state index in [1.165, 1.54) is 31.4 Å². The molecule has 0 aromatic heterocycles. The first-order valence-electron chi connectivity index (χ1n) is 23.4. The molecular weight excluding hydrogens is 891 g/mol. The molecule has 1 spiro atoms. The second-order valence-electron chi connectivity index (χ2n) is 20.2. The second-order valence-corrected chi connectivity index (χ2v) is 20.2. The summed E-state index contributed by atoms with van der Waals surface area (Å²) in [6.07, 6.45) is 5.09. The average molecular weight is 954 g/mol. The predicted molar refractivity (Wildman–Crippen MR) is 251 cm³/mol. The number of Topliss-reactive ketones (excluding diaryl/α,β-unsaturated/α-hetero) is 2. The molecule has 7 aliphatic rings. The highest BCUT2D eigenvalue weighted by Gasteiger charge is 2.84. The van der Waals surface area contributed by atoms with Crippen molar-refractivity contribution >= 4 is 29.6 Å². The van der Waals surface area contributed by atoms with Crippen molar-refractivity contribution in [3.05, 3.63) is 99.2 Å². The second kappa shape index (κ2) is 18.1. The number of aliphatic hydroxyl groups is 4. The number of benzene rings is 2. The van der Waals surface area contributed by atoms with E-state index < -0.39 is 88.9 Å². The smallest absolute Gasteiger partial charge is 0.343 e. The molecule has 370 valence electrons. The number of ether oxygens (including phenoxy) is 7. The van der Waals surface area contributed by atoms with Crippen molar-refractivity contribution in [2.24, 2.45) is 5.92 Å². The average Bonchev–Trinajstić information content (AvgIpc) is 3.47. The topological polar surface area (TPSA) is 226 Å². The van der Waals surface area contributed by atoms with Gasteiger partial charge < -0.3 is 58.9 Å². The van der Waals surface area contributed by atoms with E-state index >= 15 is 9.59 Å². The Morgan fingerprint density at radius 3 is 2.25 bits per heavy atom. The third-order valence-electron chi connectivity index (χ3n) is 14.6. The number of ketones is 2. The van der Waals surface area contributed by atoms with Gasteiger partial charge in [-0.15, -0.1) is 0 Å². The molecule has 0 radical (unpaired) electrons. The summed E-state index contributed by atoms with van der Waals surface area (Å²) in [7, 11) is 2.93. The zero-order valence-corrected chi connectivity index (χ0v) is 40.8. The number of hydrogen-bond acceptors (Lipinski definition) is 16. The van der Waals surface area contributed by atoms with Crippen LogP contribution in [0.5, 0.6) is 23.0 Å². The minimum Gasteiger partial charge on any atom is -0.482 e.